The van der Waals surface area contributed by atoms with Crippen molar-refractivity contribution >= 4 is 0 Å². The molecule has 0 aliphatic carbocycles. The van der Waals surface area contributed by atoms with Crippen LogP contribution in [0, 0.1) is 58.6 Å². The highest BCUT2D eigenvalue weighted by Gasteiger charge is 2.41. The number of aromatic nitrogens is 1. The fourth-order valence-corrected chi connectivity index (χ4v) is 3.95. The van der Waals surface area contributed by atoms with Crippen molar-refractivity contribution in [3.05, 3.63) is 141 Å². The van der Waals surface area contributed by atoms with Crippen LogP contribution in [0.1, 0.15) is 45.5 Å². The van der Waals surface area contributed by atoms with Gasteiger partial charge in [0.05, 0.1) is 5.56 Å². The van der Waals surface area contributed by atoms with E-state index in [1.54, 1.807) is 30.3 Å². The Hall–Kier alpha value is -5.30. The molecule has 0 atom stereocenters. The third kappa shape index (κ3) is 7.85. The lowest BCUT2D eigenvalue weighted by Crippen LogP contribution is -2.25. The number of allylic oxidation sites excluding steroid dienone is 1. The molecule has 0 aliphatic heterocycles. The number of nitrogens with zero attached hydrogens (tertiary/aromatic N) is 1. The van der Waals surface area contributed by atoms with Gasteiger partial charge in [0.15, 0.2) is 0 Å². The monoisotopic (exact) mass is 651 g/mol. The van der Waals surface area contributed by atoms with Crippen LogP contribution in [0.5, 0.6) is 5.75 Å². The molecule has 3 aromatic carbocycles. The van der Waals surface area contributed by atoms with Crippen LogP contribution in [0.3, 0.4) is 0 Å². The fraction of sp³-hybridized carbons (Fsp3) is 0.121. The second kappa shape index (κ2) is 13.4. The minimum atomic E-state index is -5.37. The summed E-state index contributed by atoms with van der Waals surface area (Å²) in [7, 11) is 0. The molecule has 0 saturated heterocycles. The van der Waals surface area contributed by atoms with Gasteiger partial charge in [0.1, 0.15) is 57.5 Å². The Morgan fingerprint density at radius 2 is 1.20 bits per heavy atom. The number of hydrogen-bond acceptors (Lipinski definition) is 2. The summed E-state index contributed by atoms with van der Waals surface area (Å²) in [5.41, 5.74) is -5.18. The van der Waals surface area contributed by atoms with Gasteiger partial charge in [-0.3, -0.25) is 0 Å². The van der Waals surface area contributed by atoms with E-state index in [0.29, 0.717) is 18.6 Å². The molecule has 0 N–H and O–H groups in total. The second-order valence-electron chi connectivity index (χ2n) is 9.39. The van der Waals surface area contributed by atoms with Gasteiger partial charge in [-0.2, -0.15) is 22.0 Å². The van der Waals surface area contributed by atoms with Gasteiger partial charge in [-0.05, 0) is 54.7 Å². The molecular formula is C33H16F11NO. The second-order valence-corrected chi connectivity index (χ2v) is 9.39. The highest BCUT2D eigenvalue weighted by atomic mass is 19.4. The predicted molar refractivity (Wildman–Crippen MR) is 143 cm³/mol. The number of ether oxygens (including phenoxy) is 1. The van der Waals surface area contributed by atoms with E-state index in [9.17, 15) is 48.3 Å². The Balaban J connectivity index is 1.55. The highest BCUT2D eigenvalue weighted by Crippen LogP contribution is 2.37. The number of alkyl halides is 5. The summed E-state index contributed by atoms with van der Waals surface area (Å²) in [5.74, 6) is -3.60. The maximum atomic E-state index is 14.8. The van der Waals surface area contributed by atoms with Crippen LogP contribution in [0.15, 0.2) is 67.4 Å². The van der Waals surface area contributed by atoms with E-state index in [-0.39, 0.29) is 35.5 Å². The van der Waals surface area contributed by atoms with Crippen molar-refractivity contribution in [2.75, 3.05) is 0 Å². The standard InChI is InChI=1S/C33H16F11NO/c1-2-3-4-18-5-8-21(45-17-18)9-6-19-13-28(38)31(29(39)14-19)33(43,44)46-22-15-24(34)23(25(35)16-22)10-7-20-11-26(36)30(27(37)12-20)32(40,41)42/h2,5,8,11-17H,1,3-4H2. The van der Waals surface area contributed by atoms with Crippen LogP contribution in [0.2, 0.25) is 0 Å². The van der Waals surface area contributed by atoms with Crippen LogP contribution >= 0.6 is 0 Å². The molecule has 4 aromatic rings. The summed E-state index contributed by atoms with van der Waals surface area (Å²) in [6.45, 7) is 3.61. The summed E-state index contributed by atoms with van der Waals surface area (Å²) in [5, 5.41) is 0. The number of benzene rings is 3. The van der Waals surface area contributed by atoms with E-state index >= 15 is 0 Å². The predicted octanol–water partition coefficient (Wildman–Crippen LogP) is 8.98. The molecule has 46 heavy (non-hydrogen) atoms. The molecule has 0 amide bonds. The van der Waals surface area contributed by atoms with Gasteiger partial charge >= 0.3 is 12.3 Å². The third-order valence-electron chi connectivity index (χ3n) is 6.05. The molecule has 0 fully saturated rings. The van der Waals surface area contributed by atoms with Gasteiger partial charge in [0.25, 0.3) is 0 Å². The minimum absolute atomic E-state index is 0.173. The topological polar surface area (TPSA) is 22.1 Å². The van der Waals surface area contributed by atoms with Crippen molar-refractivity contribution < 1.29 is 53.0 Å². The number of rotatable bonds is 6. The number of aryl methyl sites for hydroxylation is 1. The van der Waals surface area contributed by atoms with Crippen LogP contribution < -0.4 is 4.74 Å². The highest BCUT2D eigenvalue weighted by molar-refractivity contribution is 5.48. The van der Waals surface area contributed by atoms with Gasteiger partial charge < -0.3 is 4.74 Å². The molecule has 0 saturated carbocycles. The van der Waals surface area contributed by atoms with Crippen molar-refractivity contribution in [2.45, 2.75) is 25.1 Å². The van der Waals surface area contributed by atoms with Crippen LogP contribution in [0.25, 0.3) is 0 Å². The van der Waals surface area contributed by atoms with Crippen molar-refractivity contribution in [1.82, 2.24) is 4.98 Å². The number of pyridine rings is 1. The van der Waals surface area contributed by atoms with E-state index in [2.05, 4.69) is 28.1 Å². The first-order valence-corrected chi connectivity index (χ1v) is 12.8. The first-order valence-electron chi connectivity index (χ1n) is 12.8. The molecule has 1 heterocycles. The van der Waals surface area contributed by atoms with E-state index in [0.717, 1.165) is 12.0 Å². The maximum absolute atomic E-state index is 14.8. The van der Waals surface area contributed by atoms with Gasteiger partial charge in [0.2, 0.25) is 0 Å². The molecule has 4 rings (SSSR count). The van der Waals surface area contributed by atoms with Crippen molar-refractivity contribution in [2.24, 2.45) is 0 Å². The first kappa shape index (κ1) is 33.6. The van der Waals surface area contributed by atoms with Gasteiger partial charge in [-0.15, -0.1) is 6.58 Å². The number of hydrogen-bond donors (Lipinski definition) is 0. The first-order chi connectivity index (χ1) is 21.6. The summed E-state index contributed by atoms with van der Waals surface area (Å²) >= 11 is 0. The summed E-state index contributed by atoms with van der Waals surface area (Å²) < 4.78 is 158. The van der Waals surface area contributed by atoms with Gasteiger partial charge in [-0.1, -0.05) is 29.9 Å². The molecule has 13 heteroatoms. The van der Waals surface area contributed by atoms with Crippen LogP contribution in [-0.2, 0) is 18.7 Å². The zero-order valence-corrected chi connectivity index (χ0v) is 22.9. The smallest absolute Gasteiger partial charge is 0.429 e. The van der Waals surface area contributed by atoms with E-state index in [1.165, 1.54) is 0 Å². The lowest BCUT2D eigenvalue weighted by Gasteiger charge is -2.20. The average molecular weight is 651 g/mol. The third-order valence-corrected chi connectivity index (χ3v) is 6.05. The molecule has 236 valence electrons. The fourth-order valence-electron chi connectivity index (χ4n) is 3.95. The normalized spacial score (nSPS) is 11.3. The Bertz CT molecular complexity index is 1860. The lowest BCUT2D eigenvalue weighted by atomic mass is 10.1. The van der Waals surface area contributed by atoms with Crippen molar-refractivity contribution in [3.63, 3.8) is 0 Å². The van der Waals surface area contributed by atoms with E-state index < -0.39 is 75.2 Å². The maximum Gasteiger partial charge on any atom is 0.432 e. The van der Waals surface area contributed by atoms with Gasteiger partial charge in [0, 0.05) is 29.5 Å². The van der Waals surface area contributed by atoms with Crippen LogP contribution in [0.4, 0.5) is 48.3 Å². The molecular weight excluding hydrogens is 635 g/mol. The quantitative estimate of drug-likeness (QED) is 0.118. The molecule has 0 unspecified atom stereocenters. The van der Waals surface area contributed by atoms with Gasteiger partial charge in [-0.25, -0.2) is 31.3 Å². The van der Waals surface area contributed by atoms with E-state index in [4.69, 9.17) is 0 Å². The average Bonchev–Trinajstić information content (AvgIpc) is 2.93. The summed E-state index contributed by atoms with van der Waals surface area (Å²) in [6.07, 6.45) is -5.49. The van der Waals surface area contributed by atoms with Crippen LogP contribution in [-0.4, -0.2) is 4.98 Å². The van der Waals surface area contributed by atoms with Crippen molar-refractivity contribution in [1.29, 1.82) is 0 Å². The number of halogens is 11. The zero-order valence-electron chi connectivity index (χ0n) is 22.9. The van der Waals surface area contributed by atoms with Crippen molar-refractivity contribution in [3.8, 4) is 29.4 Å². The Kier molecular flexibility index (Phi) is 9.76. The van der Waals surface area contributed by atoms with E-state index in [1.807, 2.05) is 5.92 Å². The molecule has 1 aromatic heterocycles. The SMILES string of the molecule is C=CCCc1ccc(C#Cc2cc(F)c(C(F)(F)Oc3cc(F)c(C#Cc4cc(F)c(C(F)(F)F)c(F)c4)c(F)c3)c(F)c2)nc1. The molecule has 2 nitrogen and oxygen atoms in total. The Labute approximate surface area is 254 Å². The molecule has 0 bridgehead atoms. The summed E-state index contributed by atoms with van der Waals surface area (Å²) in [4.78, 5) is 4.09. The lowest BCUT2D eigenvalue weighted by molar-refractivity contribution is -0.189. The molecule has 0 aliphatic rings. The molecule has 0 spiro atoms. The molecule has 0 radical (unpaired) electrons. The summed E-state index contributed by atoms with van der Waals surface area (Å²) in [6, 6.07) is 4.98. The largest absolute Gasteiger partial charge is 0.432 e. The Morgan fingerprint density at radius 3 is 1.67 bits per heavy atom. The minimum Gasteiger partial charge on any atom is -0.429 e. The zero-order chi connectivity index (χ0) is 33.8. The Morgan fingerprint density at radius 1 is 0.674 bits per heavy atom.